The van der Waals surface area contributed by atoms with Crippen LogP contribution in [0.4, 0.5) is 0 Å². The van der Waals surface area contributed by atoms with Gasteiger partial charge < -0.3 is 9.84 Å². The maximum atomic E-state index is 11.9. The van der Waals surface area contributed by atoms with Gasteiger partial charge in [-0.15, -0.1) is 0 Å². The lowest BCUT2D eigenvalue weighted by molar-refractivity contribution is 0.103. The summed E-state index contributed by atoms with van der Waals surface area (Å²) in [7, 11) is -3.17. The lowest BCUT2D eigenvalue weighted by Gasteiger charge is -2.10. The molecule has 0 heterocycles. The zero-order valence-corrected chi connectivity index (χ0v) is 11.7. The van der Waals surface area contributed by atoms with Crippen LogP contribution in [0.1, 0.15) is 16.7 Å². The fourth-order valence-electron chi connectivity index (χ4n) is 1.72. The fraction of sp³-hybridized carbons (Fsp3) is 0.538. The molecule has 0 aromatic heterocycles. The van der Waals surface area contributed by atoms with E-state index in [1.807, 2.05) is 32.0 Å². The summed E-state index contributed by atoms with van der Waals surface area (Å²) >= 11 is 0. The number of hydrogen-bond acceptors (Lipinski definition) is 4. The molecule has 0 bridgehead atoms. The van der Waals surface area contributed by atoms with Crippen LogP contribution in [0.25, 0.3) is 0 Å². The normalized spacial score (nSPS) is 11.7. The van der Waals surface area contributed by atoms with E-state index in [-0.39, 0.29) is 31.3 Å². The van der Waals surface area contributed by atoms with Crippen LogP contribution < -0.4 is 0 Å². The summed E-state index contributed by atoms with van der Waals surface area (Å²) in [5.41, 5.74) is 2.87. The molecule has 0 saturated carbocycles. The van der Waals surface area contributed by atoms with Gasteiger partial charge in [-0.05, 0) is 30.5 Å². The van der Waals surface area contributed by atoms with Gasteiger partial charge in [0.05, 0.1) is 31.3 Å². The first-order valence-electron chi connectivity index (χ1n) is 5.90. The Balaban J connectivity index is 2.65. The number of hydrogen-bond donors (Lipinski definition) is 1. The Morgan fingerprint density at radius 2 is 1.78 bits per heavy atom. The Labute approximate surface area is 109 Å². The monoisotopic (exact) mass is 272 g/mol. The zero-order valence-electron chi connectivity index (χ0n) is 10.8. The van der Waals surface area contributed by atoms with Gasteiger partial charge in [-0.3, -0.25) is 0 Å². The Bertz CT molecular complexity index is 460. The van der Waals surface area contributed by atoms with E-state index in [4.69, 9.17) is 9.84 Å². The highest BCUT2D eigenvalue weighted by atomic mass is 32.2. The molecule has 0 saturated heterocycles. The van der Waals surface area contributed by atoms with Crippen molar-refractivity contribution in [2.24, 2.45) is 0 Å². The van der Waals surface area contributed by atoms with Crippen LogP contribution in [0, 0.1) is 13.8 Å². The molecule has 0 amide bonds. The summed E-state index contributed by atoms with van der Waals surface area (Å²) in [4.78, 5) is 0. The second-order valence-corrected chi connectivity index (χ2v) is 6.48. The Hall–Kier alpha value is -0.910. The first-order valence-corrected chi connectivity index (χ1v) is 7.72. The van der Waals surface area contributed by atoms with Crippen LogP contribution in [0.15, 0.2) is 18.2 Å². The maximum absolute atomic E-state index is 11.9. The molecule has 0 spiro atoms. The summed E-state index contributed by atoms with van der Waals surface area (Å²) in [5, 5.41) is 8.53. The highest BCUT2D eigenvalue weighted by Gasteiger charge is 2.14. The van der Waals surface area contributed by atoms with Crippen molar-refractivity contribution in [3.8, 4) is 0 Å². The van der Waals surface area contributed by atoms with Gasteiger partial charge in [0.15, 0.2) is 9.84 Å². The van der Waals surface area contributed by atoms with E-state index in [0.717, 1.165) is 16.7 Å². The molecule has 102 valence electrons. The minimum atomic E-state index is -3.17. The summed E-state index contributed by atoms with van der Waals surface area (Å²) in [5.74, 6) is 0.0365. The second-order valence-electron chi connectivity index (χ2n) is 4.30. The van der Waals surface area contributed by atoms with E-state index in [1.165, 1.54) is 0 Å². The van der Waals surface area contributed by atoms with Crippen LogP contribution in [0.5, 0.6) is 0 Å². The van der Waals surface area contributed by atoms with Crippen molar-refractivity contribution < 1.29 is 18.3 Å². The number of aliphatic hydroxyl groups excluding tert-OH is 1. The van der Waals surface area contributed by atoms with E-state index in [2.05, 4.69) is 0 Å². The van der Waals surface area contributed by atoms with Crippen LogP contribution in [-0.2, 0) is 20.3 Å². The molecule has 5 heteroatoms. The number of sulfone groups is 1. The molecule has 0 radical (unpaired) electrons. The predicted molar refractivity (Wildman–Crippen MR) is 71.3 cm³/mol. The predicted octanol–water partition coefficient (Wildman–Crippen LogP) is 1.23. The average Bonchev–Trinajstić information content (AvgIpc) is 2.30. The van der Waals surface area contributed by atoms with Gasteiger partial charge in [0.2, 0.25) is 0 Å². The standard InChI is InChI=1S/C13H20O4S/c1-11-4-3-5-12(2)13(11)10-18(15,16)9-8-17-7-6-14/h3-5,14H,6-10H2,1-2H3. The molecule has 1 rings (SSSR count). The van der Waals surface area contributed by atoms with Gasteiger partial charge >= 0.3 is 0 Å². The SMILES string of the molecule is Cc1cccc(C)c1CS(=O)(=O)CCOCCO. The minimum absolute atomic E-state index is 0.0131. The quantitative estimate of drug-likeness (QED) is 0.758. The Morgan fingerprint density at radius 3 is 2.33 bits per heavy atom. The molecule has 1 aromatic carbocycles. The van der Waals surface area contributed by atoms with Gasteiger partial charge in [-0.2, -0.15) is 0 Å². The van der Waals surface area contributed by atoms with E-state index < -0.39 is 9.84 Å². The van der Waals surface area contributed by atoms with Crippen molar-refractivity contribution in [2.45, 2.75) is 19.6 Å². The topological polar surface area (TPSA) is 63.6 Å². The molecule has 1 aromatic rings. The van der Waals surface area contributed by atoms with Crippen molar-refractivity contribution in [3.63, 3.8) is 0 Å². The first kappa shape index (κ1) is 15.1. The third kappa shape index (κ3) is 4.76. The molecule has 0 unspecified atom stereocenters. The molecule has 0 aliphatic carbocycles. The molecule has 1 N–H and O–H groups in total. The van der Waals surface area contributed by atoms with Crippen molar-refractivity contribution in [1.29, 1.82) is 0 Å². The van der Waals surface area contributed by atoms with Gasteiger partial charge in [0.25, 0.3) is 0 Å². The zero-order chi connectivity index (χ0) is 13.6. The summed E-state index contributed by atoms with van der Waals surface area (Å²) in [6, 6.07) is 5.76. The van der Waals surface area contributed by atoms with Gasteiger partial charge in [-0.25, -0.2) is 8.42 Å². The molecule has 0 atom stereocenters. The summed E-state index contributed by atoms with van der Waals surface area (Å²) in [6.07, 6.45) is 0. The number of aryl methyl sites for hydroxylation is 2. The second kappa shape index (κ2) is 6.87. The van der Waals surface area contributed by atoms with Crippen LogP contribution in [0.2, 0.25) is 0 Å². The lowest BCUT2D eigenvalue weighted by atomic mass is 10.1. The van der Waals surface area contributed by atoms with Gasteiger partial charge in [-0.1, -0.05) is 18.2 Å². The molecule has 0 aliphatic heterocycles. The Morgan fingerprint density at radius 1 is 1.17 bits per heavy atom. The summed E-state index contributed by atoms with van der Waals surface area (Å²) in [6.45, 7) is 4.06. The number of aliphatic hydroxyl groups is 1. The van der Waals surface area contributed by atoms with E-state index in [0.29, 0.717) is 0 Å². The summed E-state index contributed by atoms with van der Waals surface area (Å²) < 4.78 is 28.8. The van der Waals surface area contributed by atoms with Crippen molar-refractivity contribution in [2.75, 3.05) is 25.6 Å². The van der Waals surface area contributed by atoms with Crippen LogP contribution in [-0.4, -0.2) is 39.1 Å². The van der Waals surface area contributed by atoms with Crippen molar-refractivity contribution in [1.82, 2.24) is 0 Å². The molecule has 0 fully saturated rings. The minimum Gasteiger partial charge on any atom is -0.394 e. The largest absolute Gasteiger partial charge is 0.394 e. The third-order valence-electron chi connectivity index (χ3n) is 2.78. The molecule has 0 aliphatic rings. The van der Waals surface area contributed by atoms with Crippen molar-refractivity contribution >= 4 is 9.84 Å². The van der Waals surface area contributed by atoms with Crippen molar-refractivity contribution in [3.05, 3.63) is 34.9 Å². The highest BCUT2D eigenvalue weighted by Crippen LogP contribution is 2.16. The number of benzene rings is 1. The maximum Gasteiger partial charge on any atom is 0.156 e. The number of ether oxygens (including phenoxy) is 1. The van der Waals surface area contributed by atoms with E-state index in [9.17, 15) is 8.42 Å². The van der Waals surface area contributed by atoms with Gasteiger partial charge in [0, 0.05) is 0 Å². The fourth-order valence-corrected chi connectivity index (χ4v) is 3.13. The molecular formula is C13H20O4S. The smallest absolute Gasteiger partial charge is 0.156 e. The third-order valence-corrected chi connectivity index (χ3v) is 4.30. The van der Waals surface area contributed by atoms with E-state index in [1.54, 1.807) is 0 Å². The first-order chi connectivity index (χ1) is 8.46. The average molecular weight is 272 g/mol. The molecule has 18 heavy (non-hydrogen) atoms. The Kier molecular flexibility index (Phi) is 5.78. The van der Waals surface area contributed by atoms with Crippen LogP contribution in [0.3, 0.4) is 0 Å². The number of rotatable bonds is 7. The van der Waals surface area contributed by atoms with Crippen LogP contribution >= 0.6 is 0 Å². The van der Waals surface area contributed by atoms with Gasteiger partial charge in [0.1, 0.15) is 0 Å². The van der Waals surface area contributed by atoms with E-state index >= 15 is 0 Å². The molecular weight excluding hydrogens is 252 g/mol. The lowest BCUT2D eigenvalue weighted by Crippen LogP contribution is -2.16. The molecule has 4 nitrogen and oxygen atoms in total. The highest BCUT2D eigenvalue weighted by molar-refractivity contribution is 7.90.